The van der Waals surface area contributed by atoms with Gasteiger partial charge < -0.3 is 15.0 Å². The molecule has 0 saturated carbocycles. The maximum absolute atomic E-state index is 13.0. The number of ether oxygens (including phenoxy) is 1. The number of hydrogen-bond acceptors (Lipinski definition) is 5. The van der Waals surface area contributed by atoms with Gasteiger partial charge >= 0.3 is 0 Å². The molecular weight excluding hydrogens is 392 g/mol. The van der Waals surface area contributed by atoms with Crippen LogP contribution in [0.3, 0.4) is 0 Å². The molecule has 7 nitrogen and oxygen atoms in total. The number of amides is 2. The molecule has 1 atom stereocenters. The fraction of sp³-hybridized carbons (Fsp3) is 0.333. The second-order valence-corrected chi connectivity index (χ2v) is 9.31. The lowest BCUT2D eigenvalue weighted by Crippen LogP contribution is -2.47. The smallest absolute Gasteiger partial charge is 0.255 e. The summed E-state index contributed by atoms with van der Waals surface area (Å²) < 4.78 is 28.7. The van der Waals surface area contributed by atoms with E-state index in [0.29, 0.717) is 11.3 Å². The molecular formula is C21H24N2O5S. The standard InChI is InChI=1S/C21H24N2O5S/c1-28-19-10-6-4-7-15(19)13-22-20(24)18(11-12-29(2,26)27)23-14-16-8-3-5-9-17(16)21(23)25/h3-10,18H,11-14H2,1-2H3,(H,22,24). The van der Waals surface area contributed by atoms with E-state index in [1.54, 1.807) is 25.3 Å². The molecule has 2 aromatic carbocycles. The van der Waals surface area contributed by atoms with Crippen molar-refractivity contribution < 1.29 is 22.7 Å². The molecule has 0 radical (unpaired) electrons. The first-order chi connectivity index (χ1) is 13.8. The average molecular weight is 416 g/mol. The number of nitrogens with one attached hydrogen (secondary N) is 1. The Hall–Kier alpha value is -2.87. The summed E-state index contributed by atoms with van der Waals surface area (Å²) in [6.07, 6.45) is 1.16. The lowest BCUT2D eigenvalue weighted by molar-refractivity contribution is -0.126. The van der Waals surface area contributed by atoms with E-state index < -0.39 is 15.9 Å². The van der Waals surface area contributed by atoms with Crippen LogP contribution in [0.25, 0.3) is 0 Å². The molecule has 0 aliphatic carbocycles. The number of sulfone groups is 1. The van der Waals surface area contributed by atoms with Crippen LogP contribution >= 0.6 is 0 Å². The van der Waals surface area contributed by atoms with Gasteiger partial charge in [0.15, 0.2) is 0 Å². The highest BCUT2D eigenvalue weighted by molar-refractivity contribution is 7.90. The van der Waals surface area contributed by atoms with Crippen LogP contribution in [0.4, 0.5) is 0 Å². The minimum atomic E-state index is -3.28. The van der Waals surface area contributed by atoms with Gasteiger partial charge in [0, 0.05) is 30.5 Å². The molecule has 29 heavy (non-hydrogen) atoms. The van der Waals surface area contributed by atoms with Gasteiger partial charge in [0.1, 0.15) is 21.6 Å². The van der Waals surface area contributed by atoms with E-state index in [0.717, 1.165) is 17.4 Å². The molecule has 1 aliphatic rings. The van der Waals surface area contributed by atoms with E-state index in [4.69, 9.17) is 4.74 Å². The molecule has 0 saturated heterocycles. The maximum atomic E-state index is 13.0. The zero-order valence-corrected chi connectivity index (χ0v) is 17.2. The lowest BCUT2D eigenvalue weighted by Gasteiger charge is -2.27. The predicted molar refractivity (Wildman–Crippen MR) is 109 cm³/mol. The zero-order valence-electron chi connectivity index (χ0n) is 16.4. The molecule has 3 rings (SSSR count). The van der Waals surface area contributed by atoms with Gasteiger partial charge in [0.25, 0.3) is 5.91 Å². The molecule has 1 unspecified atom stereocenters. The van der Waals surface area contributed by atoms with Crippen LogP contribution < -0.4 is 10.1 Å². The lowest BCUT2D eigenvalue weighted by atomic mass is 10.1. The summed E-state index contributed by atoms with van der Waals surface area (Å²) >= 11 is 0. The number of carbonyl (C=O) groups excluding carboxylic acids is 2. The normalized spacial score (nSPS) is 14.4. The first kappa shape index (κ1) is 20.9. The molecule has 0 spiro atoms. The summed E-state index contributed by atoms with van der Waals surface area (Å²) in [5, 5.41) is 2.83. The third-order valence-corrected chi connectivity index (χ3v) is 5.91. The number of benzene rings is 2. The summed E-state index contributed by atoms with van der Waals surface area (Å²) in [5.41, 5.74) is 2.18. The Labute approximate surface area is 170 Å². The minimum Gasteiger partial charge on any atom is -0.496 e. The third-order valence-electron chi connectivity index (χ3n) is 4.94. The van der Waals surface area contributed by atoms with Crippen LogP contribution in [0.2, 0.25) is 0 Å². The van der Waals surface area contributed by atoms with E-state index in [1.165, 1.54) is 4.90 Å². The Morgan fingerprint density at radius 1 is 1.17 bits per heavy atom. The highest BCUT2D eigenvalue weighted by Crippen LogP contribution is 2.26. The fourth-order valence-corrected chi connectivity index (χ4v) is 4.08. The minimum absolute atomic E-state index is 0.0380. The topological polar surface area (TPSA) is 92.8 Å². The van der Waals surface area contributed by atoms with Gasteiger partial charge in [-0.15, -0.1) is 0 Å². The predicted octanol–water partition coefficient (Wildman–Crippen LogP) is 1.77. The maximum Gasteiger partial charge on any atom is 0.255 e. The number of nitrogens with zero attached hydrogens (tertiary/aromatic N) is 1. The Morgan fingerprint density at radius 3 is 2.55 bits per heavy atom. The Kier molecular flexibility index (Phi) is 6.22. The van der Waals surface area contributed by atoms with Gasteiger partial charge in [-0.2, -0.15) is 0 Å². The highest BCUT2D eigenvalue weighted by atomic mass is 32.2. The van der Waals surface area contributed by atoms with Crippen LogP contribution in [0.15, 0.2) is 48.5 Å². The summed E-state index contributed by atoms with van der Waals surface area (Å²) in [5.74, 6) is -0.183. The molecule has 0 bridgehead atoms. The molecule has 1 heterocycles. The van der Waals surface area contributed by atoms with Gasteiger partial charge in [-0.05, 0) is 24.1 Å². The van der Waals surface area contributed by atoms with Crippen molar-refractivity contribution in [2.75, 3.05) is 19.1 Å². The second-order valence-electron chi connectivity index (χ2n) is 7.05. The molecule has 0 aromatic heterocycles. The van der Waals surface area contributed by atoms with Crippen molar-refractivity contribution >= 4 is 21.7 Å². The number of methoxy groups -OCH3 is 1. The van der Waals surface area contributed by atoms with Gasteiger partial charge in [0.2, 0.25) is 5.91 Å². The number of hydrogen-bond donors (Lipinski definition) is 1. The van der Waals surface area contributed by atoms with Crippen molar-refractivity contribution in [2.45, 2.75) is 25.6 Å². The van der Waals surface area contributed by atoms with Crippen molar-refractivity contribution in [3.05, 3.63) is 65.2 Å². The zero-order chi connectivity index (χ0) is 21.0. The number of fused-ring (bicyclic) bond motifs is 1. The van der Waals surface area contributed by atoms with Gasteiger partial charge in [-0.3, -0.25) is 9.59 Å². The summed E-state index contributed by atoms with van der Waals surface area (Å²) in [6, 6.07) is 13.6. The van der Waals surface area contributed by atoms with E-state index in [9.17, 15) is 18.0 Å². The van der Waals surface area contributed by atoms with Crippen LogP contribution in [-0.2, 0) is 27.7 Å². The number of carbonyl (C=O) groups is 2. The van der Waals surface area contributed by atoms with E-state index in [-0.39, 0.29) is 37.1 Å². The quantitative estimate of drug-likeness (QED) is 0.708. The molecule has 2 amide bonds. The van der Waals surface area contributed by atoms with Crippen LogP contribution in [0, 0.1) is 0 Å². The van der Waals surface area contributed by atoms with Crippen molar-refractivity contribution in [1.29, 1.82) is 0 Å². The third kappa shape index (κ3) is 4.95. The summed E-state index contributed by atoms with van der Waals surface area (Å²) in [4.78, 5) is 27.2. The van der Waals surface area contributed by atoms with Crippen LogP contribution in [-0.4, -0.2) is 50.3 Å². The van der Waals surface area contributed by atoms with Gasteiger partial charge in [-0.1, -0.05) is 36.4 Å². The SMILES string of the molecule is COc1ccccc1CNC(=O)C(CCS(C)(=O)=O)N1Cc2ccccc2C1=O. The highest BCUT2D eigenvalue weighted by Gasteiger charge is 2.36. The molecule has 2 aromatic rings. The van der Waals surface area contributed by atoms with E-state index in [2.05, 4.69) is 5.32 Å². The monoisotopic (exact) mass is 416 g/mol. The van der Waals surface area contributed by atoms with Gasteiger partial charge in [-0.25, -0.2) is 8.42 Å². The molecule has 8 heteroatoms. The molecule has 1 aliphatic heterocycles. The Morgan fingerprint density at radius 2 is 1.86 bits per heavy atom. The molecule has 1 N–H and O–H groups in total. The average Bonchev–Trinajstić information content (AvgIpc) is 3.02. The van der Waals surface area contributed by atoms with Crippen LogP contribution in [0.5, 0.6) is 5.75 Å². The number of rotatable bonds is 8. The summed E-state index contributed by atoms with van der Waals surface area (Å²) in [7, 11) is -1.73. The van der Waals surface area contributed by atoms with Crippen molar-refractivity contribution in [3.8, 4) is 5.75 Å². The summed E-state index contributed by atoms with van der Waals surface area (Å²) in [6.45, 7) is 0.499. The van der Waals surface area contributed by atoms with E-state index in [1.807, 2.05) is 30.3 Å². The first-order valence-corrected chi connectivity index (χ1v) is 11.3. The molecule has 154 valence electrons. The number of para-hydroxylation sites is 1. The molecule has 0 fully saturated rings. The van der Waals surface area contributed by atoms with Crippen molar-refractivity contribution in [3.63, 3.8) is 0 Å². The first-order valence-electron chi connectivity index (χ1n) is 9.26. The van der Waals surface area contributed by atoms with Gasteiger partial charge in [0.05, 0.1) is 12.9 Å². The van der Waals surface area contributed by atoms with Crippen LogP contribution in [0.1, 0.15) is 27.9 Å². The van der Waals surface area contributed by atoms with E-state index >= 15 is 0 Å². The largest absolute Gasteiger partial charge is 0.496 e. The van der Waals surface area contributed by atoms with Crippen molar-refractivity contribution in [2.24, 2.45) is 0 Å². The fourth-order valence-electron chi connectivity index (χ4n) is 3.43. The second kappa shape index (κ2) is 8.65. The Balaban J connectivity index is 1.78. The Bertz CT molecular complexity index is 1020. The van der Waals surface area contributed by atoms with Crippen molar-refractivity contribution in [1.82, 2.24) is 10.2 Å².